The first-order valence-corrected chi connectivity index (χ1v) is 5.40. The van der Waals surface area contributed by atoms with E-state index in [1.165, 1.54) is 10.9 Å². The van der Waals surface area contributed by atoms with Gasteiger partial charge in [0.1, 0.15) is 3.70 Å². The lowest BCUT2D eigenvalue weighted by atomic mass is 10.0. The summed E-state index contributed by atoms with van der Waals surface area (Å²) in [5.74, 6) is 0.579. The number of hydrogen-bond donors (Lipinski definition) is 1. The Bertz CT molecular complexity index is 431. The Hall–Kier alpha value is -0.580. The van der Waals surface area contributed by atoms with Crippen LogP contribution in [0.5, 0.6) is 0 Å². The molecule has 0 atom stereocenters. The summed E-state index contributed by atoms with van der Waals surface area (Å²) in [7, 11) is 0. The number of rotatable bonds is 1. The van der Waals surface area contributed by atoms with Crippen molar-refractivity contribution in [3.8, 4) is 0 Å². The van der Waals surface area contributed by atoms with Crippen molar-refractivity contribution in [3.05, 3.63) is 27.5 Å². The van der Waals surface area contributed by atoms with Gasteiger partial charge in [-0.3, -0.25) is 5.10 Å². The van der Waals surface area contributed by atoms with Crippen molar-refractivity contribution in [2.75, 3.05) is 0 Å². The number of aromatic amines is 1. The standard InChI is InChI=1S/C10H11IN2/c1-6(2)7-3-4-9-8(5-7)10(11)13-12-9/h3-6H,1-2H3,(H,12,13). The highest BCUT2D eigenvalue weighted by atomic mass is 127. The van der Waals surface area contributed by atoms with Crippen LogP contribution in [0.3, 0.4) is 0 Å². The number of fused-ring (bicyclic) bond motifs is 1. The van der Waals surface area contributed by atoms with Gasteiger partial charge in [-0.2, -0.15) is 5.10 Å². The summed E-state index contributed by atoms with van der Waals surface area (Å²) in [6.07, 6.45) is 0. The van der Waals surface area contributed by atoms with Crippen LogP contribution in [0.1, 0.15) is 25.3 Å². The minimum atomic E-state index is 0.579. The minimum Gasteiger partial charge on any atom is -0.271 e. The number of aromatic nitrogens is 2. The Morgan fingerprint density at radius 3 is 2.85 bits per heavy atom. The Morgan fingerprint density at radius 1 is 1.38 bits per heavy atom. The van der Waals surface area contributed by atoms with Gasteiger partial charge in [-0.1, -0.05) is 19.9 Å². The van der Waals surface area contributed by atoms with Crippen molar-refractivity contribution in [1.29, 1.82) is 0 Å². The summed E-state index contributed by atoms with van der Waals surface area (Å²) in [5, 5.41) is 8.39. The van der Waals surface area contributed by atoms with Gasteiger partial charge in [-0.05, 0) is 46.2 Å². The largest absolute Gasteiger partial charge is 0.271 e. The average Bonchev–Trinajstić information content (AvgIpc) is 2.47. The zero-order valence-corrected chi connectivity index (χ0v) is 9.79. The van der Waals surface area contributed by atoms with E-state index in [1.807, 2.05) is 0 Å². The van der Waals surface area contributed by atoms with Gasteiger partial charge in [0.2, 0.25) is 0 Å². The number of nitrogens with one attached hydrogen (secondary N) is 1. The fourth-order valence-corrected chi connectivity index (χ4v) is 1.91. The minimum absolute atomic E-state index is 0.579. The first-order valence-electron chi connectivity index (χ1n) is 4.32. The molecular weight excluding hydrogens is 275 g/mol. The molecule has 0 aliphatic rings. The van der Waals surface area contributed by atoms with Gasteiger partial charge in [0, 0.05) is 5.39 Å². The Labute approximate surface area is 90.9 Å². The third-order valence-electron chi connectivity index (χ3n) is 2.20. The molecular formula is C10H11IN2. The van der Waals surface area contributed by atoms with Gasteiger partial charge in [0.25, 0.3) is 0 Å². The molecule has 0 saturated carbocycles. The van der Waals surface area contributed by atoms with E-state index in [4.69, 9.17) is 0 Å². The predicted molar refractivity (Wildman–Crippen MR) is 62.9 cm³/mol. The van der Waals surface area contributed by atoms with E-state index in [-0.39, 0.29) is 0 Å². The molecule has 2 aromatic rings. The van der Waals surface area contributed by atoms with Crippen LogP contribution in [0.4, 0.5) is 0 Å². The Kier molecular flexibility index (Phi) is 2.27. The molecule has 1 aromatic carbocycles. The average molecular weight is 286 g/mol. The molecule has 2 nitrogen and oxygen atoms in total. The zero-order valence-electron chi connectivity index (χ0n) is 7.63. The van der Waals surface area contributed by atoms with Crippen molar-refractivity contribution in [2.45, 2.75) is 19.8 Å². The number of halogens is 1. The van der Waals surface area contributed by atoms with Gasteiger partial charge in [-0.25, -0.2) is 0 Å². The van der Waals surface area contributed by atoms with Crippen LogP contribution in [0.2, 0.25) is 0 Å². The molecule has 0 unspecified atom stereocenters. The molecule has 1 aromatic heterocycles. The fraction of sp³-hybridized carbons (Fsp3) is 0.300. The van der Waals surface area contributed by atoms with Crippen LogP contribution in [-0.2, 0) is 0 Å². The molecule has 1 N–H and O–H groups in total. The lowest BCUT2D eigenvalue weighted by Crippen LogP contribution is -1.85. The predicted octanol–water partition coefficient (Wildman–Crippen LogP) is 3.29. The summed E-state index contributed by atoms with van der Waals surface area (Å²) in [5.41, 5.74) is 2.42. The third kappa shape index (κ3) is 1.57. The highest BCUT2D eigenvalue weighted by molar-refractivity contribution is 14.1. The quantitative estimate of drug-likeness (QED) is 0.801. The second kappa shape index (κ2) is 3.29. The van der Waals surface area contributed by atoms with Crippen molar-refractivity contribution >= 4 is 33.5 Å². The number of nitrogens with zero attached hydrogens (tertiary/aromatic N) is 1. The maximum atomic E-state index is 4.19. The van der Waals surface area contributed by atoms with Gasteiger partial charge in [-0.15, -0.1) is 0 Å². The molecule has 0 fully saturated rings. The molecule has 0 aliphatic carbocycles. The smallest absolute Gasteiger partial charge is 0.104 e. The first-order chi connectivity index (χ1) is 6.18. The molecule has 3 heteroatoms. The van der Waals surface area contributed by atoms with Gasteiger partial charge < -0.3 is 0 Å². The molecule has 2 rings (SSSR count). The topological polar surface area (TPSA) is 28.7 Å². The van der Waals surface area contributed by atoms with Crippen LogP contribution in [0.15, 0.2) is 18.2 Å². The first kappa shape index (κ1) is 8.99. The molecule has 0 bridgehead atoms. The van der Waals surface area contributed by atoms with Gasteiger partial charge in [0.15, 0.2) is 0 Å². The summed E-state index contributed by atoms with van der Waals surface area (Å²) in [6, 6.07) is 6.43. The van der Waals surface area contributed by atoms with E-state index in [9.17, 15) is 0 Å². The molecule has 0 saturated heterocycles. The Morgan fingerprint density at radius 2 is 2.15 bits per heavy atom. The summed E-state index contributed by atoms with van der Waals surface area (Å²) < 4.78 is 1.12. The van der Waals surface area contributed by atoms with E-state index >= 15 is 0 Å². The zero-order chi connectivity index (χ0) is 9.42. The lowest BCUT2D eigenvalue weighted by molar-refractivity contribution is 0.869. The maximum absolute atomic E-state index is 4.19. The number of benzene rings is 1. The highest BCUT2D eigenvalue weighted by Gasteiger charge is 2.05. The van der Waals surface area contributed by atoms with Crippen molar-refractivity contribution in [1.82, 2.24) is 10.2 Å². The molecule has 0 amide bonds. The monoisotopic (exact) mass is 286 g/mol. The van der Waals surface area contributed by atoms with Crippen LogP contribution < -0.4 is 0 Å². The van der Waals surface area contributed by atoms with E-state index in [0.29, 0.717) is 5.92 Å². The van der Waals surface area contributed by atoms with Gasteiger partial charge in [0.05, 0.1) is 5.52 Å². The van der Waals surface area contributed by atoms with E-state index in [1.54, 1.807) is 0 Å². The second-order valence-corrected chi connectivity index (χ2v) is 4.55. The van der Waals surface area contributed by atoms with Crippen molar-refractivity contribution < 1.29 is 0 Å². The SMILES string of the molecule is CC(C)c1ccc2n[nH]c(I)c2c1. The van der Waals surface area contributed by atoms with E-state index in [0.717, 1.165) is 9.22 Å². The van der Waals surface area contributed by atoms with Crippen molar-refractivity contribution in [2.24, 2.45) is 0 Å². The normalized spacial score (nSPS) is 11.4. The fourth-order valence-electron chi connectivity index (χ4n) is 1.36. The lowest BCUT2D eigenvalue weighted by Gasteiger charge is -2.03. The second-order valence-electron chi connectivity index (χ2n) is 3.47. The molecule has 0 aliphatic heterocycles. The molecule has 13 heavy (non-hydrogen) atoms. The van der Waals surface area contributed by atoms with Crippen LogP contribution in [0.25, 0.3) is 10.9 Å². The van der Waals surface area contributed by atoms with Crippen LogP contribution >= 0.6 is 22.6 Å². The number of H-pyrrole nitrogens is 1. The molecule has 68 valence electrons. The van der Waals surface area contributed by atoms with Crippen LogP contribution in [-0.4, -0.2) is 10.2 Å². The maximum Gasteiger partial charge on any atom is 0.104 e. The molecule has 0 spiro atoms. The summed E-state index contributed by atoms with van der Waals surface area (Å²) >= 11 is 2.28. The van der Waals surface area contributed by atoms with Crippen molar-refractivity contribution in [3.63, 3.8) is 0 Å². The number of hydrogen-bond acceptors (Lipinski definition) is 1. The van der Waals surface area contributed by atoms with E-state index in [2.05, 4.69) is 64.8 Å². The van der Waals surface area contributed by atoms with Gasteiger partial charge >= 0.3 is 0 Å². The van der Waals surface area contributed by atoms with E-state index < -0.39 is 0 Å². The molecule has 0 radical (unpaired) electrons. The molecule has 1 heterocycles. The summed E-state index contributed by atoms with van der Waals surface area (Å²) in [4.78, 5) is 0. The highest BCUT2D eigenvalue weighted by Crippen LogP contribution is 2.22. The third-order valence-corrected chi connectivity index (χ3v) is 3.02. The Balaban J connectivity index is 2.66. The summed E-state index contributed by atoms with van der Waals surface area (Å²) in [6.45, 7) is 4.40. The van der Waals surface area contributed by atoms with Crippen LogP contribution in [0, 0.1) is 3.70 Å².